The molecule has 2 N–H and O–H groups in total. The van der Waals surface area contributed by atoms with Gasteiger partial charge in [-0.05, 0) is 69.4 Å². The number of hydrogen-bond acceptors (Lipinski definition) is 9. The average molecular weight is 824 g/mol. The monoisotopic (exact) mass is 822 g/mol. The van der Waals surface area contributed by atoms with Crippen LogP contribution in [0.3, 0.4) is 0 Å². The van der Waals surface area contributed by atoms with Gasteiger partial charge in [0.2, 0.25) is 11.8 Å². The van der Waals surface area contributed by atoms with E-state index in [-0.39, 0.29) is 55.3 Å². The topological polar surface area (TPSA) is 138 Å². The van der Waals surface area contributed by atoms with Gasteiger partial charge in [0.25, 0.3) is 5.91 Å². The maximum absolute atomic E-state index is 15.0. The number of rotatable bonds is 21. The van der Waals surface area contributed by atoms with Crippen LogP contribution in [-0.4, -0.2) is 109 Å². The number of anilines is 2. The number of likely N-dealkylation sites (tertiary alicyclic amines) is 1. The summed E-state index contributed by atoms with van der Waals surface area (Å²) in [5.74, 6) is -3.66. The quantitative estimate of drug-likeness (QED) is 0.0776. The third-order valence-electron chi connectivity index (χ3n) is 11.0. The Morgan fingerprint density at radius 1 is 1.07 bits per heavy atom. The molecule has 13 heteroatoms. The van der Waals surface area contributed by atoms with Crippen LogP contribution >= 0.6 is 15.9 Å². The number of aliphatic hydroxyl groups excluding tert-OH is 1. The third-order valence-corrected chi connectivity index (χ3v) is 11.8. The van der Waals surface area contributed by atoms with Crippen molar-refractivity contribution in [3.63, 3.8) is 0 Å². The zero-order chi connectivity index (χ0) is 39.7. The minimum Gasteiger partial charge on any atom is -0.455 e. The van der Waals surface area contributed by atoms with Crippen LogP contribution in [0.25, 0.3) is 0 Å². The molecule has 1 spiro atoms. The van der Waals surface area contributed by atoms with Crippen LogP contribution in [0.5, 0.6) is 0 Å². The molecule has 0 aromatic heterocycles. The maximum Gasteiger partial charge on any atom is 0.313 e. The van der Waals surface area contributed by atoms with E-state index in [0.29, 0.717) is 36.9 Å². The Labute approximate surface area is 333 Å². The molecule has 3 fully saturated rings. The maximum atomic E-state index is 15.0. The number of carbonyl (C=O) groups is 4. The largest absolute Gasteiger partial charge is 0.455 e. The molecule has 298 valence electrons. The highest BCUT2D eigenvalue weighted by Crippen LogP contribution is 2.60. The van der Waals surface area contributed by atoms with Crippen LogP contribution in [0.1, 0.15) is 57.6 Å². The zero-order valence-corrected chi connectivity index (χ0v) is 33.7. The first-order valence-corrected chi connectivity index (χ1v) is 20.2. The zero-order valence-electron chi connectivity index (χ0n) is 32.1. The molecule has 3 saturated heterocycles. The molecular weight excluding hydrogens is 768 g/mol. The lowest BCUT2D eigenvalue weighted by molar-refractivity contribution is -0.163. The van der Waals surface area contributed by atoms with Crippen molar-refractivity contribution in [2.75, 3.05) is 56.3 Å². The molecule has 5 rings (SSSR count). The van der Waals surface area contributed by atoms with Gasteiger partial charge < -0.3 is 39.3 Å². The van der Waals surface area contributed by atoms with Gasteiger partial charge in [0.05, 0.1) is 30.6 Å². The summed E-state index contributed by atoms with van der Waals surface area (Å²) >= 11 is 3.76. The van der Waals surface area contributed by atoms with Gasteiger partial charge in [-0.15, -0.1) is 13.2 Å². The highest BCUT2D eigenvalue weighted by Gasteiger charge is 2.77. The first-order valence-electron chi connectivity index (χ1n) is 19.3. The highest BCUT2D eigenvalue weighted by molar-refractivity contribution is 9.09. The summed E-state index contributed by atoms with van der Waals surface area (Å²) < 4.78 is 18.6. The van der Waals surface area contributed by atoms with Crippen molar-refractivity contribution in [3.05, 3.63) is 85.5 Å². The van der Waals surface area contributed by atoms with E-state index in [2.05, 4.69) is 53.2 Å². The number of nitrogens with one attached hydrogen (secondary N) is 1. The predicted octanol–water partition coefficient (Wildman–Crippen LogP) is 4.95. The number of hydrogen-bond donors (Lipinski definition) is 2. The molecule has 0 radical (unpaired) electrons. The predicted molar refractivity (Wildman–Crippen MR) is 215 cm³/mol. The van der Waals surface area contributed by atoms with Crippen molar-refractivity contribution in [2.24, 2.45) is 11.8 Å². The normalized spacial score (nSPS) is 24.9. The van der Waals surface area contributed by atoms with Crippen LogP contribution < -0.4 is 15.1 Å². The molecule has 55 heavy (non-hydrogen) atoms. The van der Waals surface area contributed by atoms with Gasteiger partial charge >= 0.3 is 5.97 Å². The lowest BCUT2D eigenvalue weighted by atomic mass is 9.70. The summed E-state index contributed by atoms with van der Waals surface area (Å²) in [4.78, 5) is 62.3. The molecule has 3 aliphatic heterocycles. The van der Waals surface area contributed by atoms with Crippen LogP contribution in [0.2, 0.25) is 0 Å². The summed E-state index contributed by atoms with van der Waals surface area (Å²) in [6.07, 6.45) is 3.47. The van der Waals surface area contributed by atoms with Gasteiger partial charge in [-0.3, -0.25) is 19.2 Å². The summed E-state index contributed by atoms with van der Waals surface area (Å²) in [7, 11) is 1.50. The second kappa shape index (κ2) is 19.2. The van der Waals surface area contributed by atoms with Crippen molar-refractivity contribution in [1.29, 1.82) is 0 Å². The number of alkyl halides is 1. The van der Waals surface area contributed by atoms with Crippen molar-refractivity contribution < 1.29 is 38.5 Å². The third kappa shape index (κ3) is 8.70. The number of benzene rings is 2. The van der Waals surface area contributed by atoms with Gasteiger partial charge in [0, 0.05) is 62.5 Å². The fourth-order valence-corrected chi connectivity index (χ4v) is 9.41. The summed E-state index contributed by atoms with van der Waals surface area (Å²) in [5.41, 5.74) is 0.981. The van der Waals surface area contributed by atoms with Gasteiger partial charge in [-0.1, -0.05) is 58.4 Å². The van der Waals surface area contributed by atoms with E-state index in [0.717, 1.165) is 18.8 Å². The SMILES string of the molecule is C=CCCC(=O)N[C@H](COC)[C@H](OC(=O)[C@@H]1[C@H]2O[C@@]3(CC2Br)[C@H](C(=O)N(CC=C)c2ccc(N(CC)CC)cc2)N(CCCCO)C(=O)[C@@H]13)c1ccccc1. The molecule has 2 aromatic carbocycles. The number of carbonyl (C=O) groups excluding carboxylic acids is 4. The second-order valence-electron chi connectivity index (χ2n) is 14.3. The van der Waals surface area contributed by atoms with E-state index in [1.165, 1.54) is 7.11 Å². The Bertz CT molecular complexity index is 1660. The fraction of sp³-hybridized carbons (Fsp3) is 0.524. The number of aliphatic hydroxyl groups is 1. The van der Waals surface area contributed by atoms with E-state index in [9.17, 15) is 19.5 Å². The van der Waals surface area contributed by atoms with Gasteiger partial charge in [0.15, 0.2) is 0 Å². The Hall–Kier alpha value is -4.04. The number of unbranched alkanes of at least 4 members (excludes halogenated alkanes) is 1. The number of methoxy groups -OCH3 is 1. The Morgan fingerprint density at radius 2 is 1.76 bits per heavy atom. The summed E-state index contributed by atoms with van der Waals surface area (Å²) in [6, 6.07) is 15.0. The number of nitrogens with zero attached hydrogens (tertiary/aromatic N) is 3. The molecular formula is C42H55BrN4O8. The van der Waals surface area contributed by atoms with E-state index in [1.807, 2.05) is 54.6 Å². The molecule has 3 heterocycles. The molecule has 2 bridgehead atoms. The highest BCUT2D eigenvalue weighted by atomic mass is 79.9. The van der Waals surface area contributed by atoms with Gasteiger partial charge in [-0.2, -0.15) is 0 Å². The van der Waals surface area contributed by atoms with E-state index in [1.54, 1.807) is 22.0 Å². The van der Waals surface area contributed by atoms with Crippen molar-refractivity contribution in [2.45, 2.75) is 80.7 Å². The van der Waals surface area contributed by atoms with E-state index < -0.39 is 47.7 Å². The fourth-order valence-electron chi connectivity index (χ4n) is 8.47. The number of fused-ring (bicyclic) bond motifs is 1. The number of ether oxygens (including phenoxy) is 3. The minimum atomic E-state index is -1.33. The minimum absolute atomic E-state index is 0.0505. The number of amides is 3. The molecule has 0 aliphatic carbocycles. The van der Waals surface area contributed by atoms with Gasteiger partial charge in [-0.25, -0.2) is 0 Å². The van der Waals surface area contributed by atoms with Crippen molar-refractivity contribution in [3.8, 4) is 0 Å². The molecule has 8 atom stereocenters. The molecule has 0 saturated carbocycles. The van der Waals surface area contributed by atoms with E-state index in [4.69, 9.17) is 14.2 Å². The molecule has 3 amide bonds. The Morgan fingerprint density at radius 3 is 2.38 bits per heavy atom. The van der Waals surface area contributed by atoms with Crippen molar-refractivity contribution >= 4 is 51.0 Å². The summed E-state index contributed by atoms with van der Waals surface area (Å²) in [5, 5.41) is 12.6. The Kier molecular flexibility index (Phi) is 14.7. The Balaban J connectivity index is 1.51. The lowest BCUT2D eigenvalue weighted by Crippen LogP contribution is -2.57. The standard InChI is InChI=1S/C42H55BrN4O8/c1-6-10-18-33(49)44-32(27-53-5)36(28-16-12-11-13-17-28)54-41(52)34-35-39(50)47(24-14-15-25-48)38(42(35)26-31(43)37(34)55-42)40(51)46(23-7-2)30-21-19-29(20-22-30)45(8-3)9-4/h6-7,11-13,16-17,19-22,31-32,34-38,48H,1-2,8-10,14-15,18,23-27H2,3-5H3,(H,44,49)/t31?,32-,34+,35-,36-,37+,38+,42-/m1/s1. The van der Waals surface area contributed by atoms with E-state index >= 15 is 4.79 Å². The van der Waals surface area contributed by atoms with Gasteiger partial charge in [0.1, 0.15) is 17.7 Å². The number of allylic oxidation sites excluding steroid dienone is 1. The van der Waals surface area contributed by atoms with Crippen LogP contribution in [0.15, 0.2) is 79.9 Å². The number of esters is 1. The smallest absolute Gasteiger partial charge is 0.313 e. The van der Waals surface area contributed by atoms with Crippen LogP contribution in [0, 0.1) is 11.8 Å². The molecule has 1 unspecified atom stereocenters. The first-order chi connectivity index (χ1) is 26.6. The lowest BCUT2D eigenvalue weighted by Gasteiger charge is -2.37. The molecule has 2 aromatic rings. The first kappa shape index (κ1) is 42.1. The molecule has 3 aliphatic rings. The van der Waals surface area contributed by atoms with Crippen molar-refractivity contribution in [1.82, 2.24) is 10.2 Å². The van der Waals surface area contributed by atoms with Crippen LogP contribution in [-0.2, 0) is 33.4 Å². The van der Waals surface area contributed by atoms with Crippen LogP contribution in [0.4, 0.5) is 11.4 Å². The number of halogens is 1. The second-order valence-corrected chi connectivity index (χ2v) is 15.5. The summed E-state index contributed by atoms with van der Waals surface area (Å²) in [6.45, 7) is 13.8. The average Bonchev–Trinajstić information content (AvgIpc) is 3.79. The molecule has 12 nitrogen and oxygen atoms in total.